The van der Waals surface area contributed by atoms with Gasteiger partial charge in [-0.25, -0.2) is 0 Å². The summed E-state index contributed by atoms with van der Waals surface area (Å²) in [6, 6.07) is 11.3. The second kappa shape index (κ2) is 4.89. The number of carbonyl (C=O) groups is 1. The van der Waals surface area contributed by atoms with Crippen LogP contribution in [0.15, 0.2) is 48.8 Å². The molecule has 0 aliphatic heterocycles. The molecule has 0 atom stereocenters. The zero-order valence-corrected chi connectivity index (χ0v) is 10.1. The van der Waals surface area contributed by atoms with E-state index in [4.69, 9.17) is 0 Å². The van der Waals surface area contributed by atoms with Crippen LogP contribution in [0.1, 0.15) is 16.1 Å². The summed E-state index contributed by atoms with van der Waals surface area (Å²) in [6.07, 6.45) is 3.18. The van der Waals surface area contributed by atoms with E-state index in [1.807, 2.05) is 24.3 Å². The number of amides is 1. The molecule has 2 aromatic heterocycles. The lowest BCUT2D eigenvalue weighted by Gasteiger charge is -2.03. The average Bonchev–Trinajstić information content (AvgIpc) is 2.89. The molecule has 3 aromatic rings. The van der Waals surface area contributed by atoms with E-state index in [0.717, 1.165) is 16.6 Å². The summed E-state index contributed by atoms with van der Waals surface area (Å²) in [5.74, 6) is -0.146. The van der Waals surface area contributed by atoms with E-state index < -0.39 is 0 Å². The van der Waals surface area contributed by atoms with Gasteiger partial charge in [0, 0.05) is 17.8 Å². The van der Waals surface area contributed by atoms with Crippen molar-refractivity contribution in [1.82, 2.24) is 20.5 Å². The smallest absolute Gasteiger partial charge is 0.253 e. The lowest BCUT2D eigenvalue weighted by Crippen LogP contribution is -2.23. The first-order valence-electron chi connectivity index (χ1n) is 5.95. The van der Waals surface area contributed by atoms with Crippen molar-refractivity contribution in [2.24, 2.45) is 0 Å². The Morgan fingerprint density at radius 1 is 1.21 bits per heavy atom. The van der Waals surface area contributed by atoms with Crippen LogP contribution in [0.4, 0.5) is 0 Å². The van der Waals surface area contributed by atoms with Gasteiger partial charge in [-0.15, -0.1) is 0 Å². The van der Waals surface area contributed by atoms with Gasteiger partial charge in [0.05, 0.1) is 23.3 Å². The molecule has 1 amide bonds. The molecular weight excluding hydrogens is 240 g/mol. The normalized spacial score (nSPS) is 10.5. The first kappa shape index (κ1) is 11.4. The minimum absolute atomic E-state index is 0.146. The standard InChI is InChI=1S/C14H12N4O/c19-14(10-4-3-7-15-8-10)16-9-13-11-5-1-2-6-12(11)17-18-13/h1-8H,9H2,(H,16,19)(H,17,18). The highest BCUT2D eigenvalue weighted by atomic mass is 16.1. The Morgan fingerprint density at radius 3 is 2.95 bits per heavy atom. The predicted molar refractivity (Wildman–Crippen MR) is 71.5 cm³/mol. The number of H-pyrrole nitrogens is 1. The van der Waals surface area contributed by atoms with Gasteiger partial charge in [0.25, 0.3) is 5.91 Å². The molecule has 0 unspecified atom stereocenters. The second-order valence-corrected chi connectivity index (χ2v) is 4.14. The number of fused-ring (bicyclic) bond motifs is 1. The van der Waals surface area contributed by atoms with Crippen molar-refractivity contribution < 1.29 is 4.79 Å². The van der Waals surface area contributed by atoms with Crippen molar-refractivity contribution in [3.05, 3.63) is 60.0 Å². The number of nitrogens with one attached hydrogen (secondary N) is 2. The largest absolute Gasteiger partial charge is 0.346 e. The highest BCUT2D eigenvalue weighted by molar-refractivity contribution is 5.94. The summed E-state index contributed by atoms with van der Waals surface area (Å²) < 4.78 is 0. The zero-order chi connectivity index (χ0) is 13.1. The zero-order valence-electron chi connectivity index (χ0n) is 10.1. The van der Waals surface area contributed by atoms with Gasteiger partial charge < -0.3 is 5.32 Å². The van der Waals surface area contributed by atoms with Crippen LogP contribution in [0.25, 0.3) is 10.9 Å². The van der Waals surface area contributed by atoms with Crippen molar-refractivity contribution in [2.45, 2.75) is 6.54 Å². The third-order valence-corrected chi connectivity index (χ3v) is 2.89. The van der Waals surface area contributed by atoms with Crippen LogP contribution in [-0.4, -0.2) is 21.1 Å². The third-order valence-electron chi connectivity index (χ3n) is 2.89. The molecule has 0 saturated heterocycles. The number of aromatic amines is 1. The first-order chi connectivity index (χ1) is 9.34. The molecule has 2 heterocycles. The molecule has 0 aliphatic carbocycles. The summed E-state index contributed by atoms with van der Waals surface area (Å²) in [6.45, 7) is 0.411. The number of hydrogen-bond acceptors (Lipinski definition) is 3. The summed E-state index contributed by atoms with van der Waals surface area (Å²) in [4.78, 5) is 15.8. The Balaban J connectivity index is 1.75. The Morgan fingerprint density at radius 2 is 2.11 bits per heavy atom. The van der Waals surface area contributed by atoms with Crippen molar-refractivity contribution in [2.75, 3.05) is 0 Å². The predicted octanol–water partition coefficient (Wildman–Crippen LogP) is 1.89. The van der Waals surface area contributed by atoms with Crippen molar-refractivity contribution in [3.8, 4) is 0 Å². The van der Waals surface area contributed by atoms with E-state index in [1.54, 1.807) is 24.5 Å². The highest BCUT2D eigenvalue weighted by Crippen LogP contribution is 2.14. The number of pyridine rings is 1. The van der Waals surface area contributed by atoms with Gasteiger partial charge >= 0.3 is 0 Å². The Labute approximate surface area is 109 Å². The van der Waals surface area contributed by atoms with Crippen molar-refractivity contribution in [1.29, 1.82) is 0 Å². The fourth-order valence-electron chi connectivity index (χ4n) is 1.92. The maximum absolute atomic E-state index is 11.9. The number of para-hydroxylation sites is 1. The van der Waals surface area contributed by atoms with Crippen LogP contribution < -0.4 is 5.32 Å². The van der Waals surface area contributed by atoms with Gasteiger partial charge in [-0.2, -0.15) is 5.10 Å². The van der Waals surface area contributed by atoms with E-state index in [1.165, 1.54) is 0 Å². The molecule has 94 valence electrons. The fraction of sp³-hybridized carbons (Fsp3) is 0.0714. The van der Waals surface area contributed by atoms with Crippen molar-refractivity contribution >= 4 is 16.8 Å². The van der Waals surface area contributed by atoms with Gasteiger partial charge in [0.2, 0.25) is 0 Å². The van der Waals surface area contributed by atoms with Gasteiger partial charge in [-0.05, 0) is 18.2 Å². The molecule has 0 spiro atoms. The molecule has 0 saturated carbocycles. The summed E-state index contributed by atoms with van der Waals surface area (Å²) in [5, 5.41) is 11.0. The Bertz CT molecular complexity index is 706. The molecule has 19 heavy (non-hydrogen) atoms. The maximum atomic E-state index is 11.9. The first-order valence-corrected chi connectivity index (χ1v) is 5.95. The molecule has 0 radical (unpaired) electrons. The van der Waals surface area contributed by atoms with Gasteiger partial charge in [-0.3, -0.25) is 14.9 Å². The topological polar surface area (TPSA) is 70.7 Å². The Hall–Kier alpha value is -2.69. The summed E-state index contributed by atoms with van der Waals surface area (Å²) >= 11 is 0. The highest BCUT2D eigenvalue weighted by Gasteiger charge is 2.08. The molecule has 1 aromatic carbocycles. The monoisotopic (exact) mass is 252 g/mol. The fourth-order valence-corrected chi connectivity index (χ4v) is 1.92. The summed E-state index contributed by atoms with van der Waals surface area (Å²) in [5.41, 5.74) is 2.34. The van der Waals surface area contributed by atoms with Crippen LogP contribution in [0, 0.1) is 0 Å². The SMILES string of the molecule is O=C(NCc1[nH]nc2ccccc12)c1cccnc1. The van der Waals surface area contributed by atoms with E-state index in [2.05, 4.69) is 20.5 Å². The van der Waals surface area contributed by atoms with E-state index >= 15 is 0 Å². The van der Waals surface area contributed by atoms with Crippen LogP contribution in [0.2, 0.25) is 0 Å². The average molecular weight is 252 g/mol. The Kier molecular flexibility index (Phi) is 2.94. The molecule has 0 bridgehead atoms. The minimum Gasteiger partial charge on any atom is -0.346 e. The van der Waals surface area contributed by atoms with Gasteiger partial charge in [0.1, 0.15) is 0 Å². The number of rotatable bonds is 3. The summed E-state index contributed by atoms with van der Waals surface area (Å²) in [7, 11) is 0. The van der Waals surface area contributed by atoms with Crippen LogP contribution in [0.5, 0.6) is 0 Å². The van der Waals surface area contributed by atoms with E-state index in [9.17, 15) is 4.79 Å². The van der Waals surface area contributed by atoms with Crippen molar-refractivity contribution in [3.63, 3.8) is 0 Å². The molecule has 2 N–H and O–H groups in total. The molecule has 0 aliphatic rings. The minimum atomic E-state index is -0.146. The third kappa shape index (κ3) is 2.30. The van der Waals surface area contributed by atoms with Crippen LogP contribution >= 0.6 is 0 Å². The number of nitrogens with zero attached hydrogens (tertiary/aromatic N) is 2. The molecular formula is C14H12N4O. The number of carbonyl (C=O) groups excluding carboxylic acids is 1. The molecule has 5 nitrogen and oxygen atoms in total. The lowest BCUT2D eigenvalue weighted by molar-refractivity contribution is 0.0950. The number of benzene rings is 1. The number of aromatic nitrogens is 3. The van der Waals surface area contributed by atoms with Gasteiger partial charge in [-0.1, -0.05) is 18.2 Å². The molecule has 0 fully saturated rings. The lowest BCUT2D eigenvalue weighted by atomic mass is 10.2. The van der Waals surface area contributed by atoms with E-state index in [-0.39, 0.29) is 5.91 Å². The molecule has 3 rings (SSSR count). The van der Waals surface area contributed by atoms with E-state index in [0.29, 0.717) is 12.1 Å². The van der Waals surface area contributed by atoms with Crippen LogP contribution in [0.3, 0.4) is 0 Å². The quantitative estimate of drug-likeness (QED) is 0.747. The second-order valence-electron chi connectivity index (χ2n) is 4.14. The molecule has 5 heteroatoms. The van der Waals surface area contributed by atoms with Gasteiger partial charge in [0.15, 0.2) is 0 Å². The number of hydrogen-bond donors (Lipinski definition) is 2. The maximum Gasteiger partial charge on any atom is 0.253 e. The van der Waals surface area contributed by atoms with Crippen LogP contribution in [-0.2, 0) is 6.54 Å².